The minimum Gasteiger partial charge on any atom is -0.505 e. The van der Waals surface area contributed by atoms with Gasteiger partial charge in [-0.3, -0.25) is 4.79 Å². The number of carbonyl (C=O) groups excluding carboxylic acids is 1. The van der Waals surface area contributed by atoms with Crippen molar-refractivity contribution in [3.8, 4) is 11.5 Å². The van der Waals surface area contributed by atoms with E-state index in [0.29, 0.717) is 25.2 Å². The fourth-order valence-corrected chi connectivity index (χ4v) is 3.30. The number of phenolic OH excluding ortho intramolecular Hbond substituents is 1. The number of phenols is 1. The predicted octanol–water partition coefficient (Wildman–Crippen LogP) is 3.40. The Balaban J connectivity index is 1.44. The first-order valence-electron chi connectivity index (χ1n) is 9.22. The molecule has 0 bridgehead atoms. The maximum absolute atomic E-state index is 13.4. The summed E-state index contributed by atoms with van der Waals surface area (Å²) in [4.78, 5) is 12.1. The molecule has 0 saturated heterocycles. The first kappa shape index (κ1) is 20.1. The van der Waals surface area contributed by atoms with Crippen LogP contribution < -0.4 is 10.1 Å². The minimum absolute atomic E-state index is 0.0693. The van der Waals surface area contributed by atoms with Crippen LogP contribution in [0.1, 0.15) is 36.0 Å². The third kappa shape index (κ3) is 5.19. The van der Waals surface area contributed by atoms with Gasteiger partial charge in [-0.05, 0) is 74.1 Å². The lowest BCUT2D eigenvalue weighted by Crippen LogP contribution is -2.45. The average Bonchev–Trinajstić information content (AvgIpc) is 2.69. The molecule has 5 nitrogen and oxygen atoms in total. The van der Waals surface area contributed by atoms with Crippen molar-refractivity contribution in [2.24, 2.45) is 5.92 Å². The zero-order valence-electron chi connectivity index (χ0n) is 15.3. The van der Waals surface area contributed by atoms with Gasteiger partial charge in [-0.1, -0.05) is 0 Å². The average molecular weight is 391 g/mol. The SMILES string of the molecule is O=C(NCC1(O)CCC(COc2ccc(F)cc2)CC1)c1ccc(O)c(F)c1. The largest absolute Gasteiger partial charge is 0.505 e. The molecule has 28 heavy (non-hydrogen) atoms. The Bertz CT molecular complexity index is 818. The van der Waals surface area contributed by atoms with Gasteiger partial charge in [0.1, 0.15) is 11.6 Å². The molecule has 0 aromatic heterocycles. The molecular formula is C21H23F2NO4. The maximum Gasteiger partial charge on any atom is 0.251 e. The number of ether oxygens (including phenoxy) is 1. The summed E-state index contributed by atoms with van der Waals surface area (Å²) in [7, 11) is 0. The molecule has 3 N–H and O–H groups in total. The van der Waals surface area contributed by atoms with E-state index in [9.17, 15) is 23.8 Å². The number of carbonyl (C=O) groups is 1. The zero-order chi connectivity index (χ0) is 20.1. The van der Waals surface area contributed by atoms with Crippen LogP contribution in [0.15, 0.2) is 42.5 Å². The van der Waals surface area contributed by atoms with Gasteiger partial charge in [-0.2, -0.15) is 0 Å². The summed E-state index contributed by atoms with van der Waals surface area (Å²) in [5.41, 5.74) is -0.933. The molecule has 1 amide bonds. The standard InChI is InChI=1S/C21H23F2NO4/c22-16-2-4-17(5-3-16)28-12-14-7-9-21(27,10-8-14)13-24-20(26)15-1-6-19(25)18(23)11-15/h1-6,11,14,25,27H,7-10,12-13H2,(H,24,26). The van der Waals surface area contributed by atoms with Crippen molar-refractivity contribution in [1.29, 1.82) is 0 Å². The van der Waals surface area contributed by atoms with E-state index in [1.165, 1.54) is 18.2 Å². The van der Waals surface area contributed by atoms with E-state index in [4.69, 9.17) is 4.74 Å². The van der Waals surface area contributed by atoms with Gasteiger partial charge in [0.15, 0.2) is 11.6 Å². The summed E-state index contributed by atoms with van der Waals surface area (Å²) in [6.45, 7) is 0.556. The number of amides is 1. The van der Waals surface area contributed by atoms with Crippen molar-refractivity contribution in [3.05, 3.63) is 59.7 Å². The molecule has 1 fully saturated rings. The Morgan fingerprint density at radius 3 is 2.46 bits per heavy atom. The second-order valence-electron chi connectivity index (χ2n) is 7.28. The van der Waals surface area contributed by atoms with E-state index in [0.717, 1.165) is 25.0 Å². The van der Waals surface area contributed by atoms with E-state index in [1.54, 1.807) is 12.1 Å². The summed E-state index contributed by atoms with van der Waals surface area (Å²) in [6, 6.07) is 9.24. The molecule has 0 atom stereocenters. The molecule has 1 saturated carbocycles. The number of halogens is 2. The summed E-state index contributed by atoms with van der Waals surface area (Å²) in [6.07, 6.45) is 2.49. The Hall–Kier alpha value is -2.67. The van der Waals surface area contributed by atoms with E-state index in [1.807, 2.05) is 0 Å². The molecule has 0 spiro atoms. The van der Waals surface area contributed by atoms with Crippen molar-refractivity contribution in [3.63, 3.8) is 0 Å². The zero-order valence-corrected chi connectivity index (χ0v) is 15.3. The first-order valence-corrected chi connectivity index (χ1v) is 9.22. The lowest BCUT2D eigenvalue weighted by molar-refractivity contribution is -0.0129. The highest BCUT2D eigenvalue weighted by Gasteiger charge is 2.33. The summed E-state index contributed by atoms with van der Waals surface area (Å²) >= 11 is 0. The molecule has 0 heterocycles. The fraction of sp³-hybridized carbons (Fsp3) is 0.381. The van der Waals surface area contributed by atoms with Gasteiger partial charge in [-0.15, -0.1) is 0 Å². The highest BCUT2D eigenvalue weighted by Crippen LogP contribution is 2.32. The third-order valence-electron chi connectivity index (χ3n) is 5.12. The molecule has 2 aromatic carbocycles. The van der Waals surface area contributed by atoms with Crippen molar-refractivity contribution >= 4 is 5.91 Å². The summed E-state index contributed by atoms with van der Waals surface area (Å²) in [5, 5.41) is 22.5. The molecular weight excluding hydrogens is 368 g/mol. The molecule has 3 rings (SSSR count). The van der Waals surface area contributed by atoms with E-state index in [2.05, 4.69) is 5.32 Å². The van der Waals surface area contributed by atoms with Gasteiger partial charge in [0.25, 0.3) is 5.91 Å². The molecule has 0 unspecified atom stereocenters. The Morgan fingerprint density at radius 2 is 1.82 bits per heavy atom. The molecule has 1 aliphatic rings. The van der Waals surface area contributed by atoms with Crippen LogP contribution in [0, 0.1) is 17.6 Å². The quantitative estimate of drug-likeness (QED) is 0.705. The van der Waals surface area contributed by atoms with Crippen LogP contribution in [0.3, 0.4) is 0 Å². The highest BCUT2D eigenvalue weighted by atomic mass is 19.1. The normalized spacial score (nSPS) is 21.9. The first-order chi connectivity index (χ1) is 13.3. The smallest absolute Gasteiger partial charge is 0.251 e. The molecule has 0 radical (unpaired) electrons. The van der Waals surface area contributed by atoms with Gasteiger partial charge in [0.05, 0.1) is 12.2 Å². The molecule has 1 aliphatic carbocycles. The number of nitrogens with one attached hydrogen (secondary N) is 1. The second kappa shape index (κ2) is 8.56. The second-order valence-corrected chi connectivity index (χ2v) is 7.28. The van der Waals surface area contributed by atoms with Crippen LogP contribution in [0.2, 0.25) is 0 Å². The number of rotatable bonds is 6. The Morgan fingerprint density at radius 1 is 1.14 bits per heavy atom. The molecule has 150 valence electrons. The van der Waals surface area contributed by atoms with Gasteiger partial charge < -0.3 is 20.3 Å². The highest BCUT2D eigenvalue weighted by molar-refractivity contribution is 5.94. The predicted molar refractivity (Wildman–Crippen MR) is 99.2 cm³/mol. The maximum atomic E-state index is 13.4. The van der Waals surface area contributed by atoms with Crippen molar-refractivity contribution in [2.75, 3.05) is 13.2 Å². The van der Waals surface area contributed by atoms with Crippen LogP contribution in [0.5, 0.6) is 11.5 Å². The van der Waals surface area contributed by atoms with Gasteiger partial charge in [0, 0.05) is 12.1 Å². The number of aromatic hydroxyl groups is 1. The van der Waals surface area contributed by atoms with E-state index >= 15 is 0 Å². The van der Waals surface area contributed by atoms with Crippen LogP contribution in [0.4, 0.5) is 8.78 Å². The van der Waals surface area contributed by atoms with Crippen molar-refractivity contribution < 1.29 is 28.5 Å². The van der Waals surface area contributed by atoms with Gasteiger partial charge in [-0.25, -0.2) is 8.78 Å². The van der Waals surface area contributed by atoms with Crippen LogP contribution in [-0.2, 0) is 0 Å². The van der Waals surface area contributed by atoms with E-state index < -0.39 is 23.1 Å². The number of hydrogen-bond donors (Lipinski definition) is 3. The van der Waals surface area contributed by atoms with Gasteiger partial charge >= 0.3 is 0 Å². The number of benzene rings is 2. The third-order valence-corrected chi connectivity index (χ3v) is 5.12. The lowest BCUT2D eigenvalue weighted by Gasteiger charge is -2.36. The minimum atomic E-state index is -1.02. The summed E-state index contributed by atoms with van der Waals surface area (Å²) < 4.78 is 31.9. The summed E-state index contributed by atoms with van der Waals surface area (Å²) in [5.74, 6) is -1.33. The monoisotopic (exact) mass is 391 g/mol. The Kier molecular flexibility index (Phi) is 6.14. The molecule has 0 aliphatic heterocycles. The molecule has 7 heteroatoms. The van der Waals surface area contributed by atoms with Gasteiger partial charge in [0.2, 0.25) is 0 Å². The lowest BCUT2D eigenvalue weighted by atomic mass is 9.79. The Labute approximate surface area is 162 Å². The molecule has 2 aromatic rings. The van der Waals surface area contributed by atoms with E-state index in [-0.39, 0.29) is 23.8 Å². The number of aliphatic hydroxyl groups is 1. The van der Waals surface area contributed by atoms with Crippen LogP contribution in [0.25, 0.3) is 0 Å². The van der Waals surface area contributed by atoms with Crippen LogP contribution >= 0.6 is 0 Å². The van der Waals surface area contributed by atoms with Crippen LogP contribution in [-0.4, -0.2) is 34.9 Å². The van der Waals surface area contributed by atoms with Crippen molar-refractivity contribution in [2.45, 2.75) is 31.3 Å². The topological polar surface area (TPSA) is 78.8 Å². The number of hydrogen-bond acceptors (Lipinski definition) is 4. The fourth-order valence-electron chi connectivity index (χ4n) is 3.30. The van der Waals surface area contributed by atoms with Crippen molar-refractivity contribution in [1.82, 2.24) is 5.32 Å².